The van der Waals surface area contributed by atoms with Gasteiger partial charge in [-0.05, 0) is 55.0 Å². The summed E-state index contributed by atoms with van der Waals surface area (Å²) in [6, 6.07) is 19.7. The van der Waals surface area contributed by atoms with E-state index in [2.05, 4.69) is 0 Å². The molecule has 2 atom stereocenters. The Morgan fingerprint density at radius 2 is 1.84 bits per heavy atom. The van der Waals surface area contributed by atoms with Crippen molar-refractivity contribution >= 4 is 35.0 Å². The van der Waals surface area contributed by atoms with Gasteiger partial charge in [0.2, 0.25) is 0 Å². The van der Waals surface area contributed by atoms with E-state index in [1.165, 1.54) is 18.9 Å². The first-order valence-electron chi connectivity index (χ1n) is 9.90. The van der Waals surface area contributed by atoms with E-state index in [4.69, 9.17) is 31.5 Å². The smallest absolute Gasteiger partial charge is 0.336 e. The van der Waals surface area contributed by atoms with E-state index in [1.54, 1.807) is 43.3 Å². The zero-order chi connectivity index (χ0) is 23.1. The first-order chi connectivity index (χ1) is 15.4. The van der Waals surface area contributed by atoms with Crippen LogP contribution in [0.15, 0.2) is 71.6 Å². The number of thioether (sulfide) groups is 1. The normalized spacial score (nSPS) is 12.6. The van der Waals surface area contributed by atoms with Gasteiger partial charge in [-0.2, -0.15) is 0 Å². The fourth-order valence-corrected chi connectivity index (χ4v) is 4.42. The maximum absolute atomic E-state index is 12.3. The number of anilines is 1. The zero-order valence-electron chi connectivity index (χ0n) is 17.7. The lowest BCUT2D eigenvalue weighted by molar-refractivity contribution is -0.153. The van der Waals surface area contributed by atoms with Crippen LogP contribution >= 0.6 is 23.4 Å². The molecule has 0 aliphatic heterocycles. The molecule has 0 saturated heterocycles. The second kappa shape index (κ2) is 11.1. The summed E-state index contributed by atoms with van der Waals surface area (Å²) >= 11 is 7.51. The summed E-state index contributed by atoms with van der Waals surface area (Å²) in [4.78, 5) is 13.0. The second-order valence-corrected chi connectivity index (χ2v) is 8.33. The predicted octanol–water partition coefficient (Wildman–Crippen LogP) is 5.48. The number of rotatable bonds is 9. The van der Waals surface area contributed by atoms with Crippen LogP contribution in [0.4, 0.5) is 5.69 Å². The number of methoxy groups -OCH3 is 1. The third-order valence-corrected chi connectivity index (χ3v) is 6.22. The number of hydrogen-bond donors (Lipinski definition) is 2. The summed E-state index contributed by atoms with van der Waals surface area (Å²) < 4.78 is 16.1. The van der Waals surface area contributed by atoms with Gasteiger partial charge in [0.05, 0.1) is 24.0 Å². The van der Waals surface area contributed by atoms with Gasteiger partial charge in [0.15, 0.2) is 6.10 Å². The van der Waals surface area contributed by atoms with Crippen molar-refractivity contribution in [1.29, 1.82) is 0 Å². The average Bonchev–Trinajstić information content (AvgIpc) is 2.79. The van der Waals surface area contributed by atoms with Crippen LogP contribution in [0.1, 0.15) is 17.7 Å². The topological polar surface area (TPSA) is 91.0 Å². The molecule has 6 nitrogen and oxygen atoms in total. The molecule has 0 radical (unpaired) electrons. The van der Waals surface area contributed by atoms with E-state index < -0.39 is 17.3 Å². The third kappa shape index (κ3) is 5.88. The van der Waals surface area contributed by atoms with Crippen LogP contribution in [-0.2, 0) is 9.53 Å². The molecule has 0 aromatic heterocycles. The highest BCUT2D eigenvalue weighted by atomic mass is 35.5. The Morgan fingerprint density at radius 3 is 2.50 bits per heavy atom. The van der Waals surface area contributed by atoms with Gasteiger partial charge in [0.1, 0.15) is 17.2 Å². The lowest BCUT2D eigenvalue weighted by Gasteiger charge is -2.23. The number of nitrogen functional groups attached to an aromatic ring is 1. The summed E-state index contributed by atoms with van der Waals surface area (Å²) in [6.07, 6.45) is -1.44. The minimum absolute atomic E-state index is 0.152. The van der Waals surface area contributed by atoms with E-state index in [-0.39, 0.29) is 6.61 Å². The molecular formula is C24H24ClNO5S. The van der Waals surface area contributed by atoms with Gasteiger partial charge >= 0.3 is 5.97 Å². The van der Waals surface area contributed by atoms with Crippen LogP contribution in [0.3, 0.4) is 0 Å². The van der Waals surface area contributed by atoms with Crippen LogP contribution in [0.25, 0.3) is 0 Å². The van der Waals surface area contributed by atoms with Crippen molar-refractivity contribution in [3.05, 3.63) is 77.3 Å². The van der Waals surface area contributed by atoms with Gasteiger partial charge in [0.25, 0.3) is 0 Å². The molecule has 8 heteroatoms. The van der Waals surface area contributed by atoms with Crippen molar-refractivity contribution < 1.29 is 24.1 Å². The van der Waals surface area contributed by atoms with Crippen LogP contribution in [-0.4, -0.2) is 30.9 Å². The monoisotopic (exact) mass is 473 g/mol. The van der Waals surface area contributed by atoms with Gasteiger partial charge in [-0.1, -0.05) is 35.9 Å². The number of hydrogen-bond acceptors (Lipinski definition) is 7. The van der Waals surface area contributed by atoms with Gasteiger partial charge in [0, 0.05) is 10.6 Å². The Balaban J connectivity index is 1.94. The molecule has 32 heavy (non-hydrogen) atoms. The lowest BCUT2D eigenvalue weighted by atomic mass is 10.1. The van der Waals surface area contributed by atoms with Crippen molar-refractivity contribution in [2.75, 3.05) is 19.5 Å². The molecule has 0 spiro atoms. The molecule has 2 unspecified atom stereocenters. The van der Waals surface area contributed by atoms with E-state index >= 15 is 0 Å². The summed E-state index contributed by atoms with van der Waals surface area (Å²) in [5, 5.41) is 10.4. The van der Waals surface area contributed by atoms with Crippen molar-refractivity contribution in [2.24, 2.45) is 0 Å². The maximum atomic E-state index is 12.3. The lowest BCUT2D eigenvalue weighted by Crippen LogP contribution is -2.28. The van der Waals surface area contributed by atoms with Crippen molar-refractivity contribution in [3.63, 3.8) is 0 Å². The Hall–Kier alpha value is -2.87. The number of aliphatic hydroxyl groups excluding tert-OH is 1. The minimum atomic E-state index is -1.44. The predicted molar refractivity (Wildman–Crippen MR) is 127 cm³/mol. The molecule has 3 rings (SSSR count). The second-order valence-electron chi connectivity index (χ2n) is 6.74. The summed E-state index contributed by atoms with van der Waals surface area (Å²) in [5.74, 6) is 1.01. The Kier molecular flexibility index (Phi) is 8.27. The molecule has 0 amide bonds. The third-order valence-electron chi connectivity index (χ3n) is 4.54. The van der Waals surface area contributed by atoms with Gasteiger partial charge < -0.3 is 25.1 Å². The Bertz CT molecular complexity index is 1060. The number of halogens is 1. The molecule has 168 valence electrons. The first kappa shape index (κ1) is 23.8. The molecule has 3 aromatic carbocycles. The van der Waals surface area contributed by atoms with Gasteiger partial charge in [-0.25, -0.2) is 4.79 Å². The van der Waals surface area contributed by atoms with E-state index in [0.29, 0.717) is 38.4 Å². The SMILES string of the molecule is CCOC(=O)C(O)C(Sc1cc(Oc2ccccc2)ccc1N)c1ccc(OC)c(Cl)c1. The highest BCUT2D eigenvalue weighted by molar-refractivity contribution is 7.99. The number of esters is 1. The molecule has 0 aliphatic rings. The van der Waals surface area contributed by atoms with Gasteiger partial charge in [-0.3, -0.25) is 0 Å². The van der Waals surface area contributed by atoms with E-state index in [9.17, 15) is 9.90 Å². The van der Waals surface area contributed by atoms with Crippen molar-refractivity contribution in [3.8, 4) is 17.2 Å². The van der Waals surface area contributed by atoms with Crippen molar-refractivity contribution in [1.82, 2.24) is 0 Å². The summed E-state index contributed by atoms with van der Waals surface area (Å²) in [7, 11) is 1.51. The summed E-state index contributed by atoms with van der Waals surface area (Å²) in [6.45, 7) is 1.83. The average molecular weight is 474 g/mol. The molecule has 0 heterocycles. The van der Waals surface area contributed by atoms with Crippen molar-refractivity contribution in [2.45, 2.75) is 23.2 Å². The Labute approximate surface area is 196 Å². The largest absolute Gasteiger partial charge is 0.495 e. The van der Waals surface area contributed by atoms with Crippen LogP contribution in [0.2, 0.25) is 5.02 Å². The number of carbonyl (C=O) groups is 1. The molecule has 0 aliphatic carbocycles. The minimum Gasteiger partial charge on any atom is -0.495 e. The Morgan fingerprint density at radius 1 is 1.09 bits per heavy atom. The van der Waals surface area contributed by atoms with E-state index in [1.807, 2.05) is 30.3 Å². The molecule has 0 fully saturated rings. The van der Waals surface area contributed by atoms with Gasteiger partial charge in [-0.15, -0.1) is 11.8 Å². The number of ether oxygens (including phenoxy) is 3. The number of carbonyl (C=O) groups excluding carboxylic acids is 1. The molecule has 0 bridgehead atoms. The van der Waals surface area contributed by atoms with Crippen LogP contribution < -0.4 is 15.2 Å². The maximum Gasteiger partial charge on any atom is 0.336 e. The highest BCUT2D eigenvalue weighted by Crippen LogP contribution is 2.43. The molecule has 3 aromatic rings. The van der Waals surface area contributed by atoms with Crippen LogP contribution in [0.5, 0.6) is 17.2 Å². The first-order valence-corrected chi connectivity index (χ1v) is 11.2. The molecule has 3 N–H and O–H groups in total. The van der Waals surface area contributed by atoms with E-state index in [0.717, 1.165) is 0 Å². The zero-order valence-corrected chi connectivity index (χ0v) is 19.2. The number of benzene rings is 3. The quantitative estimate of drug-likeness (QED) is 0.241. The fraction of sp³-hybridized carbons (Fsp3) is 0.208. The highest BCUT2D eigenvalue weighted by Gasteiger charge is 2.31. The standard InChI is InChI=1S/C24H24ClNO5S/c1-3-30-24(28)22(27)23(15-9-12-20(29-2)18(25)13-15)32-21-14-17(10-11-19(21)26)31-16-7-5-4-6-8-16/h4-14,22-23,27H,3,26H2,1-2H3. The molecule has 0 saturated carbocycles. The van der Waals surface area contributed by atoms with Crippen LogP contribution in [0, 0.1) is 0 Å². The number of para-hydroxylation sites is 1. The fourth-order valence-electron chi connectivity index (χ4n) is 2.97. The number of nitrogens with two attached hydrogens (primary N) is 1. The molecular weight excluding hydrogens is 450 g/mol. The summed E-state index contributed by atoms with van der Waals surface area (Å²) in [5.41, 5.74) is 7.30. The number of aliphatic hydroxyl groups is 1.